The van der Waals surface area contributed by atoms with E-state index in [0.717, 1.165) is 0 Å². The van der Waals surface area contributed by atoms with E-state index in [9.17, 15) is 4.79 Å². The molecule has 0 aliphatic heterocycles. The summed E-state index contributed by atoms with van der Waals surface area (Å²) < 4.78 is 4.53. The maximum atomic E-state index is 11.2. The van der Waals surface area contributed by atoms with Gasteiger partial charge in [-0.15, -0.1) is 0 Å². The van der Waals surface area contributed by atoms with Gasteiger partial charge in [-0.05, 0) is 13.8 Å². The van der Waals surface area contributed by atoms with Gasteiger partial charge < -0.3 is 15.6 Å². The summed E-state index contributed by atoms with van der Waals surface area (Å²) in [6, 6.07) is 1.47. The van der Waals surface area contributed by atoms with Crippen LogP contribution in [-0.4, -0.2) is 17.1 Å². The van der Waals surface area contributed by atoms with E-state index < -0.39 is 0 Å². The number of hydrogen-bond acceptors (Lipinski definition) is 4. The SMILES string of the molecule is CC(C)NC(=O)c1cc(N)on1. The minimum absolute atomic E-state index is 0.0791. The minimum Gasteiger partial charge on any atom is -0.368 e. The van der Waals surface area contributed by atoms with Crippen LogP contribution >= 0.6 is 0 Å². The number of carbonyl (C=O) groups excluding carboxylic acids is 1. The van der Waals surface area contributed by atoms with E-state index in [1.54, 1.807) is 0 Å². The highest BCUT2D eigenvalue weighted by atomic mass is 16.5. The first-order valence-corrected chi connectivity index (χ1v) is 3.62. The molecule has 1 aromatic rings. The second-order valence-electron chi connectivity index (χ2n) is 2.74. The largest absolute Gasteiger partial charge is 0.368 e. The predicted octanol–water partition coefficient (Wildman–Crippen LogP) is 0.395. The van der Waals surface area contributed by atoms with Gasteiger partial charge in [-0.1, -0.05) is 5.16 Å². The number of rotatable bonds is 2. The van der Waals surface area contributed by atoms with Gasteiger partial charge in [0.15, 0.2) is 5.69 Å². The van der Waals surface area contributed by atoms with Crippen LogP contribution in [-0.2, 0) is 0 Å². The molecule has 1 amide bonds. The predicted molar refractivity (Wildman–Crippen MR) is 43.5 cm³/mol. The molecule has 0 saturated carbocycles. The zero-order chi connectivity index (χ0) is 9.14. The van der Waals surface area contributed by atoms with Crippen molar-refractivity contribution in [2.24, 2.45) is 0 Å². The molecule has 0 saturated heterocycles. The highest BCUT2D eigenvalue weighted by Crippen LogP contribution is 2.03. The number of nitrogens with two attached hydrogens (primary N) is 1. The molecule has 0 spiro atoms. The number of nitrogens with one attached hydrogen (secondary N) is 1. The van der Waals surface area contributed by atoms with Crippen LogP contribution in [0.1, 0.15) is 24.3 Å². The second-order valence-corrected chi connectivity index (χ2v) is 2.74. The van der Waals surface area contributed by atoms with Gasteiger partial charge >= 0.3 is 0 Å². The summed E-state index contributed by atoms with van der Waals surface area (Å²) in [4.78, 5) is 11.2. The average Bonchev–Trinajstić information content (AvgIpc) is 2.34. The normalized spacial score (nSPS) is 10.2. The first kappa shape index (κ1) is 8.58. The van der Waals surface area contributed by atoms with Crippen LogP contribution in [0.5, 0.6) is 0 Å². The first-order chi connectivity index (χ1) is 5.59. The van der Waals surface area contributed by atoms with E-state index in [0.29, 0.717) is 0 Å². The lowest BCUT2D eigenvalue weighted by Crippen LogP contribution is -2.30. The summed E-state index contributed by atoms with van der Waals surface area (Å²) in [6.07, 6.45) is 0. The van der Waals surface area contributed by atoms with Gasteiger partial charge in [0.05, 0.1) is 0 Å². The molecular weight excluding hydrogens is 158 g/mol. The van der Waals surface area contributed by atoms with Crippen molar-refractivity contribution in [2.45, 2.75) is 19.9 Å². The third-order valence-corrected chi connectivity index (χ3v) is 1.18. The van der Waals surface area contributed by atoms with Crippen molar-refractivity contribution in [2.75, 3.05) is 5.73 Å². The molecule has 1 heterocycles. The summed E-state index contributed by atoms with van der Waals surface area (Å²) in [6.45, 7) is 3.72. The van der Waals surface area contributed by atoms with Gasteiger partial charge in [0, 0.05) is 12.1 Å². The quantitative estimate of drug-likeness (QED) is 0.671. The van der Waals surface area contributed by atoms with E-state index in [1.807, 2.05) is 13.8 Å². The molecule has 5 heteroatoms. The summed E-state index contributed by atoms with van der Waals surface area (Å²) >= 11 is 0. The van der Waals surface area contributed by atoms with Crippen LogP contribution in [0.3, 0.4) is 0 Å². The Morgan fingerprint density at radius 1 is 1.75 bits per heavy atom. The minimum atomic E-state index is -0.273. The summed E-state index contributed by atoms with van der Waals surface area (Å²) in [5.41, 5.74) is 5.45. The Morgan fingerprint density at radius 3 is 2.83 bits per heavy atom. The lowest BCUT2D eigenvalue weighted by atomic mass is 10.3. The molecule has 0 fully saturated rings. The van der Waals surface area contributed by atoms with Crippen molar-refractivity contribution >= 4 is 11.8 Å². The van der Waals surface area contributed by atoms with Gasteiger partial charge in [0.25, 0.3) is 5.91 Å². The number of aromatic nitrogens is 1. The van der Waals surface area contributed by atoms with Crippen LogP contribution in [0.4, 0.5) is 5.88 Å². The molecule has 12 heavy (non-hydrogen) atoms. The van der Waals surface area contributed by atoms with Crippen LogP contribution in [0.15, 0.2) is 10.6 Å². The number of carbonyl (C=O) groups is 1. The molecule has 0 aromatic carbocycles. The molecule has 0 aliphatic carbocycles. The molecule has 1 aromatic heterocycles. The first-order valence-electron chi connectivity index (χ1n) is 3.62. The average molecular weight is 169 g/mol. The van der Waals surface area contributed by atoms with Gasteiger partial charge in [-0.2, -0.15) is 0 Å². The van der Waals surface area contributed by atoms with E-state index >= 15 is 0 Å². The lowest BCUT2D eigenvalue weighted by molar-refractivity contribution is 0.0934. The van der Waals surface area contributed by atoms with E-state index in [-0.39, 0.29) is 23.5 Å². The van der Waals surface area contributed by atoms with Gasteiger partial charge in [0.2, 0.25) is 5.88 Å². The van der Waals surface area contributed by atoms with Crippen molar-refractivity contribution in [1.82, 2.24) is 10.5 Å². The van der Waals surface area contributed by atoms with E-state index in [4.69, 9.17) is 5.73 Å². The number of nitrogen functional groups attached to an aromatic ring is 1. The van der Waals surface area contributed by atoms with Gasteiger partial charge in [-0.3, -0.25) is 4.79 Å². The molecule has 0 unspecified atom stereocenters. The van der Waals surface area contributed by atoms with Gasteiger partial charge in [0.1, 0.15) is 0 Å². The summed E-state index contributed by atoms with van der Waals surface area (Å²) in [7, 11) is 0. The monoisotopic (exact) mass is 169 g/mol. The molecule has 0 bridgehead atoms. The summed E-state index contributed by atoms with van der Waals surface area (Å²) in [5.74, 6) is -0.130. The number of amides is 1. The van der Waals surface area contributed by atoms with Crippen molar-refractivity contribution in [3.63, 3.8) is 0 Å². The molecule has 1 rings (SSSR count). The van der Waals surface area contributed by atoms with Crippen molar-refractivity contribution < 1.29 is 9.32 Å². The van der Waals surface area contributed by atoms with Crippen LogP contribution in [0, 0.1) is 0 Å². The topological polar surface area (TPSA) is 81.2 Å². The molecule has 0 radical (unpaired) electrons. The zero-order valence-electron chi connectivity index (χ0n) is 7.00. The molecule has 5 nitrogen and oxygen atoms in total. The standard InChI is InChI=1S/C7H11N3O2/c1-4(2)9-7(11)5-3-6(8)12-10-5/h3-4H,8H2,1-2H3,(H,9,11). The van der Waals surface area contributed by atoms with E-state index in [2.05, 4.69) is 15.0 Å². The van der Waals surface area contributed by atoms with Crippen molar-refractivity contribution in [3.05, 3.63) is 11.8 Å². The molecule has 66 valence electrons. The molecular formula is C7H11N3O2. The van der Waals surface area contributed by atoms with Crippen molar-refractivity contribution in [3.8, 4) is 0 Å². The molecule has 0 atom stereocenters. The fourth-order valence-corrected chi connectivity index (χ4v) is 0.732. The fourth-order valence-electron chi connectivity index (χ4n) is 0.732. The van der Waals surface area contributed by atoms with Crippen LogP contribution in [0.2, 0.25) is 0 Å². The number of hydrogen-bond donors (Lipinski definition) is 2. The number of anilines is 1. The zero-order valence-corrected chi connectivity index (χ0v) is 7.00. The maximum absolute atomic E-state index is 11.2. The Bertz CT molecular complexity index is 280. The highest BCUT2D eigenvalue weighted by molar-refractivity contribution is 5.92. The lowest BCUT2D eigenvalue weighted by Gasteiger charge is -2.04. The molecule has 0 aliphatic rings. The molecule has 3 N–H and O–H groups in total. The summed E-state index contributed by atoms with van der Waals surface area (Å²) in [5, 5.41) is 6.11. The van der Waals surface area contributed by atoms with Gasteiger partial charge in [-0.25, -0.2) is 0 Å². The van der Waals surface area contributed by atoms with E-state index in [1.165, 1.54) is 6.07 Å². The third-order valence-electron chi connectivity index (χ3n) is 1.18. The number of nitrogens with zero attached hydrogens (tertiary/aromatic N) is 1. The second kappa shape index (κ2) is 3.25. The Labute approximate surface area is 69.9 Å². The Kier molecular flexibility index (Phi) is 2.32. The Balaban J connectivity index is 2.65. The maximum Gasteiger partial charge on any atom is 0.273 e. The smallest absolute Gasteiger partial charge is 0.273 e. The van der Waals surface area contributed by atoms with Crippen molar-refractivity contribution in [1.29, 1.82) is 0 Å². The highest BCUT2D eigenvalue weighted by Gasteiger charge is 2.11. The Morgan fingerprint density at radius 2 is 2.42 bits per heavy atom. The fraction of sp³-hybridized carbons (Fsp3) is 0.429. The van der Waals surface area contributed by atoms with Crippen LogP contribution < -0.4 is 11.1 Å². The Hall–Kier alpha value is -1.52. The third kappa shape index (κ3) is 1.98. The van der Waals surface area contributed by atoms with Crippen LogP contribution in [0.25, 0.3) is 0 Å².